The minimum Gasteiger partial charge on any atom is -0.311 e. The summed E-state index contributed by atoms with van der Waals surface area (Å²) >= 11 is 5.87. The SMILES string of the molecule is CC(Cc1ccc(Cl)cc1)NC1CCS(=O)CC1. The van der Waals surface area contributed by atoms with Gasteiger partial charge in [-0.1, -0.05) is 23.7 Å². The van der Waals surface area contributed by atoms with Gasteiger partial charge in [0.15, 0.2) is 0 Å². The number of rotatable bonds is 4. The minimum absolute atomic E-state index is 0.447. The van der Waals surface area contributed by atoms with E-state index >= 15 is 0 Å². The van der Waals surface area contributed by atoms with Crippen LogP contribution in [0.1, 0.15) is 25.3 Å². The third kappa shape index (κ3) is 4.38. The molecule has 0 spiro atoms. The molecular weight excluding hydrogens is 266 g/mol. The molecule has 1 saturated heterocycles. The van der Waals surface area contributed by atoms with Gasteiger partial charge >= 0.3 is 0 Å². The molecule has 1 heterocycles. The van der Waals surface area contributed by atoms with E-state index in [1.54, 1.807) is 0 Å². The van der Waals surface area contributed by atoms with E-state index in [0.29, 0.717) is 12.1 Å². The molecule has 1 aliphatic rings. The third-order valence-corrected chi connectivity index (χ3v) is 5.00. The summed E-state index contributed by atoms with van der Waals surface area (Å²) in [5, 5.41) is 4.42. The summed E-state index contributed by atoms with van der Waals surface area (Å²) in [5.41, 5.74) is 1.30. The Hall–Kier alpha value is -0.380. The number of benzene rings is 1. The Bertz CT molecular complexity index is 397. The lowest BCUT2D eigenvalue weighted by Crippen LogP contribution is -2.41. The van der Waals surface area contributed by atoms with Crippen LogP contribution in [-0.2, 0) is 17.2 Å². The fourth-order valence-corrected chi connectivity index (χ4v) is 3.82. The largest absolute Gasteiger partial charge is 0.311 e. The lowest BCUT2D eigenvalue weighted by molar-refractivity contribution is 0.417. The van der Waals surface area contributed by atoms with Crippen LogP contribution in [0.25, 0.3) is 0 Å². The van der Waals surface area contributed by atoms with Crippen LogP contribution in [0.3, 0.4) is 0 Å². The minimum atomic E-state index is -0.571. The molecule has 1 aliphatic heterocycles. The first-order chi connectivity index (χ1) is 8.63. The van der Waals surface area contributed by atoms with E-state index in [1.165, 1.54) is 5.56 Å². The Kier molecular flexibility index (Phi) is 5.22. The highest BCUT2D eigenvalue weighted by Gasteiger charge is 2.19. The summed E-state index contributed by atoms with van der Waals surface area (Å²) < 4.78 is 11.3. The van der Waals surface area contributed by atoms with Crippen molar-refractivity contribution in [3.05, 3.63) is 34.9 Å². The van der Waals surface area contributed by atoms with Crippen LogP contribution in [0.15, 0.2) is 24.3 Å². The summed E-state index contributed by atoms with van der Waals surface area (Å²) in [6, 6.07) is 9.01. The molecule has 0 aliphatic carbocycles. The zero-order valence-electron chi connectivity index (χ0n) is 10.7. The Morgan fingerprint density at radius 3 is 2.56 bits per heavy atom. The number of nitrogens with one attached hydrogen (secondary N) is 1. The molecule has 0 radical (unpaired) electrons. The molecule has 2 rings (SSSR count). The topological polar surface area (TPSA) is 29.1 Å². The molecule has 0 amide bonds. The lowest BCUT2D eigenvalue weighted by Gasteiger charge is -2.26. The van der Waals surface area contributed by atoms with E-state index in [2.05, 4.69) is 24.4 Å². The van der Waals surface area contributed by atoms with Gasteiger partial charge in [-0.3, -0.25) is 4.21 Å². The van der Waals surface area contributed by atoms with Crippen molar-refractivity contribution in [1.29, 1.82) is 0 Å². The fourth-order valence-electron chi connectivity index (χ4n) is 2.40. The molecule has 1 unspecified atom stereocenters. The van der Waals surface area contributed by atoms with E-state index in [-0.39, 0.29) is 0 Å². The molecule has 1 atom stereocenters. The van der Waals surface area contributed by atoms with Gasteiger partial charge in [0.1, 0.15) is 0 Å². The molecule has 100 valence electrons. The van der Waals surface area contributed by atoms with E-state index in [1.807, 2.05) is 12.1 Å². The van der Waals surface area contributed by atoms with Crippen LogP contribution in [0.5, 0.6) is 0 Å². The maximum atomic E-state index is 11.3. The Balaban J connectivity index is 1.79. The Morgan fingerprint density at radius 2 is 1.94 bits per heavy atom. The van der Waals surface area contributed by atoms with E-state index in [9.17, 15) is 4.21 Å². The zero-order chi connectivity index (χ0) is 13.0. The normalized spacial score (nSPS) is 25.9. The lowest BCUT2D eigenvalue weighted by atomic mass is 10.0. The van der Waals surface area contributed by atoms with Crippen LogP contribution in [0, 0.1) is 0 Å². The molecule has 1 aromatic rings. The monoisotopic (exact) mass is 285 g/mol. The summed E-state index contributed by atoms with van der Waals surface area (Å²) in [6.07, 6.45) is 3.09. The van der Waals surface area contributed by atoms with Crippen molar-refractivity contribution in [2.24, 2.45) is 0 Å². The Labute approximate surface area is 117 Å². The average molecular weight is 286 g/mol. The molecule has 0 saturated carbocycles. The Morgan fingerprint density at radius 1 is 1.33 bits per heavy atom. The van der Waals surface area contributed by atoms with Crippen LogP contribution in [-0.4, -0.2) is 27.8 Å². The van der Waals surface area contributed by atoms with Gasteiger partial charge in [0.05, 0.1) is 0 Å². The second-order valence-electron chi connectivity index (χ2n) is 5.02. The second-order valence-corrected chi connectivity index (χ2v) is 7.15. The first-order valence-corrected chi connectivity index (χ1v) is 8.35. The van der Waals surface area contributed by atoms with Crippen molar-refractivity contribution in [2.45, 2.75) is 38.3 Å². The average Bonchev–Trinajstić information content (AvgIpc) is 2.35. The van der Waals surface area contributed by atoms with Gasteiger partial charge in [0.2, 0.25) is 0 Å². The smallest absolute Gasteiger partial charge is 0.0406 e. The predicted octanol–water partition coefficient (Wildman–Crippen LogP) is 2.77. The van der Waals surface area contributed by atoms with Gasteiger partial charge in [-0.2, -0.15) is 0 Å². The van der Waals surface area contributed by atoms with Crippen LogP contribution >= 0.6 is 11.6 Å². The van der Waals surface area contributed by atoms with Gasteiger partial charge in [0.25, 0.3) is 0 Å². The second kappa shape index (κ2) is 6.69. The molecule has 18 heavy (non-hydrogen) atoms. The van der Waals surface area contributed by atoms with Crippen LogP contribution in [0.4, 0.5) is 0 Å². The molecule has 0 aromatic heterocycles. The van der Waals surface area contributed by atoms with Crippen molar-refractivity contribution >= 4 is 22.4 Å². The molecule has 1 fully saturated rings. The van der Waals surface area contributed by atoms with Gasteiger partial charge in [-0.05, 0) is 43.9 Å². The molecule has 1 N–H and O–H groups in total. The highest BCUT2D eigenvalue weighted by atomic mass is 35.5. The van der Waals surface area contributed by atoms with Crippen LogP contribution < -0.4 is 5.32 Å². The van der Waals surface area contributed by atoms with Crippen molar-refractivity contribution in [2.75, 3.05) is 11.5 Å². The van der Waals surface area contributed by atoms with E-state index in [4.69, 9.17) is 11.6 Å². The quantitative estimate of drug-likeness (QED) is 0.922. The standard InChI is InChI=1S/C14H20ClNOS/c1-11(10-12-2-4-13(15)5-3-12)16-14-6-8-18(17)9-7-14/h2-5,11,14,16H,6-10H2,1H3. The highest BCUT2D eigenvalue weighted by molar-refractivity contribution is 7.85. The number of hydrogen-bond acceptors (Lipinski definition) is 2. The zero-order valence-corrected chi connectivity index (χ0v) is 12.3. The van der Waals surface area contributed by atoms with Gasteiger partial charge in [0, 0.05) is 39.4 Å². The first-order valence-electron chi connectivity index (χ1n) is 6.49. The summed E-state index contributed by atoms with van der Waals surface area (Å²) in [5.74, 6) is 1.71. The van der Waals surface area contributed by atoms with Crippen molar-refractivity contribution in [1.82, 2.24) is 5.32 Å². The molecule has 1 aromatic carbocycles. The summed E-state index contributed by atoms with van der Waals surface area (Å²) in [6.45, 7) is 2.21. The van der Waals surface area contributed by atoms with Crippen molar-refractivity contribution in [3.63, 3.8) is 0 Å². The van der Waals surface area contributed by atoms with Gasteiger partial charge in [-0.25, -0.2) is 0 Å². The van der Waals surface area contributed by atoms with E-state index in [0.717, 1.165) is 35.8 Å². The third-order valence-electron chi connectivity index (χ3n) is 3.36. The van der Waals surface area contributed by atoms with Gasteiger partial charge < -0.3 is 5.32 Å². The highest BCUT2D eigenvalue weighted by Crippen LogP contribution is 2.13. The van der Waals surface area contributed by atoms with Crippen molar-refractivity contribution in [3.8, 4) is 0 Å². The van der Waals surface area contributed by atoms with Gasteiger partial charge in [-0.15, -0.1) is 0 Å². The number of hydrogen-bond donors (Lipinski definition) is 1. The molecule has 2 nitrogen and oxygen atoms in total. The van der Waals surface area contributed by atoms with Crippen molar-refractivity contribution < 1.29 is 4.21 Å². The molecule has 4 heteroatoms. The summed E-state index contributed by atoms with van der Waals surface area (Å²) in [4.78, 5) is 0. The predicted molar refractivity (Wildman–Crippen MR) is 78.7 cm³/mol. The maximum absolute atomic E-state index is 11.3. The van der Waals surface area contributed by atoms with E-state index < -0.39 is 10.8 Å². The molecule has 0 bridgehead atoms. The van der Waals surface area contributed by atoms with Crippen LogP contribution in [0.2, 0.25) is 5.02 Å². The first kappa shape index (κ1) is 14.0. The fraction of sp³-hybridized carbons (Fsp3) is 0.571. The summed E-state index contributed by atoms with van der Waals surface area (Å²) in [7, 11) is -0.571. The number of halogens is 1. The maximum Gasteiger partial charge on any atom is 0.0406 e. The molecular formula is C14H20ClNOS.